The summed E-state index contributed by atoms with van der Waals surface area (Å²) in [7, 11) is 0. The van der Waals surface area contributed by atoms with Crippen LogP contribution in [0.25, 0.3) is 11.3 Å². The van der Waals surface area contributed by atoms with E-state index in [0.717, 1.165) is 73.3 Å². The van der Waals surface area contributed by atoms with Gasteiger partial charge in [-0.2, -0.15) is 9.94 Å². The SMILES string of the molecule is Cc1cnc(CC2CCC(N[C@H](C)COCc3nnnn3[C@H](OC(=O)C(C)(C)C)C(C)C)CC2)cc1-c1cccc(NCC2(C#N)CCOCC2)n1. The topological polar surface area (TPSA) is 162 Å². The van der Waals surface area contributed by atoms with E-state index in [0.29, 0.717) is 44.1 Å². The summed E-state index contributed by atoms with van der Waals surface area (Å²) in [6.45, 7) is 16.2. The number of hydrogen-bond donors (Lipinski definition) is 2. The molecule has 1 saturated heterocycles. The van der Waals surface area contributed by atoms with Crippen LogP contribution >= 0.6 is 0 Å². The second-order valence-electron chi connectivity index (χ2n) is 16.1. The lowest BCUT2D eigenvalue weighted by molar-refractivity contribution is -0.168. The van der Waals surface area contributed by atoms with Crippen LogP contribution in [0, 0.1) is 40.9 Å². The lowest BCUT2D eigenvalue weighted by Gasteiger charge is -2.31. The predicted molar refractivity (Wildman–Crippen MR) is 198 cm³/mol. The molecule has 2 fully saturated rings. The Morgan fingerprint density at radius 2 is 1.90 bits per heavy atom. The van der Waals surface area contributed by atoms with Crippen molar-refractivity contribution in [2.24, 2.45) is 22.7 Å². The summed E-state index contributed by atoms with van der Waals surface area (Å²) in [5, 5.41) is 29.1. The molecule has 3 aromatic rings. The Kier molecular flexibility index (Phi) is 13.3. The van der Waals surface area contributed by atoms with E-state index in [1.807, 2.05) is 59.0 Å². The number of aromatic nitrogens is 6. The number of carbonyl (C=O) groups is 1. The lowest BCUT2D eigenvalue weighted by atomic mass is 9.82. The number of anilines is 1. The third kappa shape index (κ3) is 10.5. The first-order chi connectivity index (χ1) is 24.9. The standard InChI is InChI=1S/C39H57N9O4/c1-26(2)36(52-37(49)38(5,6)7)48-35(45-46-47-48)23-51-22-28(4)43-30-13-11-29(12-14-30)19-31-20-32(27(3)21-41-31)33-9-8-10-34(44-33)42-25-39(24-40)15-17-50-18-16-39/h8-10,20-21,26,28-30,36,43H,11-19,22-23,25H2,1-7H3,(H,42,44)/t28-,29?,30?,36-/m1/s1. The van der Waals surface area contributed by atoms with Gasteiger partial charge in [-0.15, -0.1) is 5.10 Å². The maximum atomic E-state index is 12.6. The zero-order chi connectivity index (χ0) is 37.3. The molecule has 0 spiro atoms. The van der Waals surface area contributed by atoms with Crippen LogP contribution in [0.4, 0.5) is 5.82 Å². The number of carbonyl (C=O) groups excluding carboxylic acids is 1. The fourth-order valence-electron chi connectivity index (χ4n) is 6.85. The van der Waals surface area contributed by atoms with Crippen molar-refractivity contribution < 1.29 is 19.0 Å². The highest BCUT2D eigenvalue weighted by Crippen LogP contribution is 2.32. The summed E-state index contributed by atoms with van der Waals surface area (Å²) in [5.41, 5.74) is 3.15. The Hall–Kier alpha value is -3.99. The molecule has 52 heavy (non-hydrogen) atoms. The third-order valence-electron chi connectivity index (χ3n) is 10.2. The molecule has 0 unspecified atom stereocenters. The fraction of sp³-hybridized carbons (Fsp3) is 0.667. The van der Waals surface area contributed by atoms with Crippen LogP contribution in [0.3, 0.4) is 0 Å². The molecule has 3 aromatic heterocycles. The molecule has 0 bridgehead atoms. The van der Waals surface area contributed by atoms with E-state index < -0.39 is 17.1 Å². The third-order valence-corrected chi connectivity index (χ3v) is 10.2. The van der Waals surface area contributed by atoms with Crippen molar-refractivity contribution in [1.82, 2.24) is 35.5 Å². The highest BCUT2D eigenvalue weighted by Gasteiger charge is 2.33. The molecule has 0 aromatic carbocycles. The molecule has 0 radical (unpaired) electrons. The van der Waals surface area contributed by atoms with Gasteiger partial charge in [0.05, 0.1) is 29.2 Å². The van der Waals surface area contributed by atoms with Gasteiger partial charge in [-0.05, 0) is 120 Å². The van der Waals surface area contributed by atoms with Crippen LogP contribution in [0.2, 0.25) is 0 Å². The molecule has 1 aliphatic carbocycles. The Bertz CT molecular complexity index is 1650. The smallest absolute Gasteiger partial charge is 0.313 e. The van der Waals surface area contributed by atoms with Crippen molar-refractivity contribution in [2.75, 3.05) is 31.7 Å². The van der Waals surface area contributed by atoms with Gasteiger partial charge in [-0.1, -0.05) is 19.9 Å². The number of tetrazole rings is 1. The van der Waals surface area contributed by atoms with Gasteiger partial charge in [0.15, 0.2) is 5.82 Å². The van der Waals surface area contributed by atoms with E-state index in [1.54, 1.807) is 4.68 Å². The summed E-state index contributed by atoms with van der Waals surface area (Å²) < 4.78 is 18.9. The molecule has 2 atom stereocenters. The van der Waals surface area contributed by atoms with Crippen molar-refractivity contribution in [3.63, 3.8) is 0 Å². The maximum absolute atomic E-state index is 12.6. The quantitative estimate of drug-likeness (QED) is 0.171. The van der Waals surface area contributed by atoms with Crippen LogP contribution < -0.4 is 10.6 Å². The van der Waals surface area contributed by atoms with Gasteiger partial charge in [-0.25, -0.2) is 4.98 Å². The average Bonchev–Trinajstić information content (AvgIpc) is 3.59. The van der Waals surface area contributed by atoms with Gasteiger partial charge in [0.2, 0.25) is 6.23 Å². The minimum absolute atomic E-state index is 0.0168. The molecule has 282 valence electrons. The molecule has 1 aliphatic heterocycles. The van der Waals surface area contributed by atoms with E-state index >= 15 is 0 Å². The minimum Gasteiger partial charge on any atom is -0.439 e. The Balaban J connectivity index is 1.07. The maximum Gasteiger partial charge on any atom is 0.313 e. The average molecular weight is 716 g/mol. The minimum atomic E-state index is -0.627. The second-order valence-corrected chi connectivity index (χ2v) is 16.1. The van der Waals surface area contributed by atoms with E-state index in [2.05, 4.69) is 52.1 Å². The van der Waals surface area contributed by atoms with Gasteiger partial charge in [0, 0.05) is 55.2 Å². The Morgan fingerprint density at radius 3 is 2.60 bits per heavy atom. The van der Waals surface area contributed by atoms with E-state index in [-0.39, 0.29) is 24.5 Å². The van der Waals surface area contributed by atoms with Gasteiger partial charge in [0.1, 0.15) is 12.4 Å². The van der Waals surface area contributed by atoms with E-state index in [1.165, 1.54) is 0 Å². The van der Waals surface area contributed by atoms with Crippen LogP contribution in [0.15, 0.2) is 30.5 Å². The number of nitrogens with zero attached hydrogens (tertiary/aromatic N) is 7. The zero-order valence-corrected chi connectivity index (χ0v) is 32.0. The van der Waals surface area contributed by atoms with E-state index in [9.17, 15) is 10.1 Å². The van der Waals surface area contributed by atoms with Crippen LogP contribution in [-0.4, -0.2) is 74.6 Å². The van der Waals surface area contributed by atoms with Crippen molar-refractivity contribution in [2.45, 2.75) is 118 Å². The molecule has 2 aliphatic rings. The molecule has 2 N–H and O–H groups in total. The van der Waals surface area contributed by atoms with Gasteiger partial charge in [-0.3, -0.25) is 9.78 Å². The lowest BCUT2D eigenvalue weighted by Crippen LogP contribution is -2.41. The summed E-state index contributed by atoms with van der Waals surface area (Å²) in [6, 6.07) is 11.3. The number of pyridine rings is 2. The van der Waals surface area contributed by atoms with Gasteiger partial charge in [0.25, 0.3) is 0 Å². The first-order valence-corrected chi connectivity index (χ1v) is 18.8. The first kappa shape index (κ1) is 39.2. The molecule has 13 nitrogen and oxygen atoms in total. The van der Waals surface area contributed by atoms with Crippen molar-refractivity contribution in [3.05, 3.63) is 47.5 Å². The van der Waals surface area contributed by atoms with Crippen LogP contribution in [-0.2, 0) is 32.0 Å². The molecule has 5 rings (SSSR count). The zero-order valence-electron chi connectivity index (χ0n) is 32.0. The largest absolute Gasteiger partial charge is 0.439 e. The number of aryl methyl sites for hydroxylation is 1. The number of rotatable bonds is 15. The highest BCUT2D eigenvalue weighted by molar-refractivity contribution is 5.75. The second kappa shape index (κ2) is 17.7. The number of hydrogen-bond acceptors (Lipinski definition) is 12. The Morgan fingerprint density at radius 1 is 1.15 bits per heavy atom. The van der Waals surface area contributed by atoms with Crippen molar-refractivity contribution in [3.8, 4) is 17.3 Å². The summed E-state index contributed by atoms with van der Waals surface area (Å²) in [4.78, 5) is 22.3. The van der Waals surface area contributed by atoms with Crippen LogP contribution in [0.1, 0.15) is 103 Å². The summed E-state index contributed by atoms with van der Waals surface area (Å²) >= 11 is 0. The first-order valence-electron chi connectivity index (χ1n) is 18.8. The fourth-order valence-corrected chi connectivity index (χ4v) is 6.85. The number of ether oxygens (including phenoxy) is 3. The Labute approximate surface area is 308 Å². The summed E-state index contributed by atoms with van der Waals surface area (Å²) in [5.74, 6) is 1.57. The molecular formula is C39H57N9O4. The monoisotopic (exact) mass is 715 g/mol. The normalized spacial score (nSPS) is 20.2. The summed E-state index contributed by atoms with van der Waals surface area (Å²) in [6.07, 6.45) is 8.25. The van der Waals surface area contributed by atoms with Crippen LogP contribution in [0.5, 0.6) is 0 Å². The molecule has 0 amide bonds. The molecule has 13 heteroatoms. The molecule has 1 saturated carbocycles. The number of nitrogens with one attached hydrogen (secondary N) is 2. The van der Waals surface area contributed by atoms with Gasteiger partial charge < -0.3 is 24.8 Å². The van der Waals surface area contributed by atoms with Crippen molar-refractivity contribution in [1.29, 1.82) is 5.26 Å². The number of esters is 1. The van der Waals surface area contributed by atoms with Crippen molar-refractivity contribution >= 4 is 11.8 Å². The molecular weight excluding hydrogens is 658 g/mol. The number of nitriles is 1. The van der Waals surface area contributed by atoms with Gasteiger partial charge >= 0.3 is 5.97 Å². The molecule has 4 heterocycles. The predicted octanol–water partition coefficient (Wildman–Crippen LogP) is 6.21. The highest BCUT2D eigenvalue weighted by atomic mass is 16.6. The van der Waals surface area contributed by atoms with E-state index in [4.69, 9.17) is 24.2 Å².